The SMILES string of the molecule is CC.CC(C)c1ccc(Nc2ccc(Nc3ccccc3)c3c2C(=O)c2c(Nc4ccc(C(C)(C)C)cc4)ccc(Nc4ccc(C(C)(C)C)cc4)c2C3=O)cc1. The zero-order chi connectivity index (χ0) is 41.1. The van der Waals surface area contributed by atoms with Crippen molar-refractivity contribution in [3.63, 3.8) is 0 Å². The van der Waals surface area contributed by atoms with Crippen molar-refractivity contribution in [1.29, 1.82) is 0 Å². The number of hydrogen-bond acceptors (Lipinski definition) is 6. The molecule has 6 nitrogen and oxygen atoms in total. The third-order valence-electron chi connectivity index (χ3n) is 10.3. The molecule has 0 saturated heterocycles. The monoisotopic (exact) mass is 756 g/mol. The van der Waals surface area contributed by atoms with Gasteiger partial charge in [-0.05, 0) is 106 Å². The van der Waals surface area contributed by atoms with Gasteiger partial charge in [-0.3, -0.25) is 9.59 Å². The van der Waals surface area contributed by atoms with Crippen LogP contribution in [0.3, 0.4) is 0 Å². The van der Waals surface area contributed by atoms with Gasteiger partial charge in [-0.2, -0.15) is 0 Å². The zero-order valence-electron chi connectivity index (χ0n) is 35.0. The lowest BCUT2D eigenvalue weighted by atomic mass is 9.80. The average Bonchev–Trinajstić information content (AvgIpc) is 3.19. The molecule has 6 aromatic rings. The lowest BCUT2D eigenvalue weighted by Gasteiger charge is -2.28. The predicted octanol–water partition coefficient (Wildman–Crippen LogP) is 14.2. The topological polar surface area (TPSA) is 82.3 Å². The van der Waals surface area contributed by atoms with Gasteiger partial charge < -0.3 is 21.3 Å². The van der Waals surface area contributed by atoms with Crippen molar-refractivity contribution in [3.8, 4) is 0 Å². The second-order valence-electron chi connectivity index (χ2n) is 16.8. The van der Waals surface area contributed by atoms with E-state index in [1.165, 1.54) is 16.7 Å². The second-order valence-corrected chi connectivity index (χ2v) is 16.8. The molecule has 0 saturated carbocycles. The Labute approximate surface area is 339 Å². The first-order valence-corrected chi connectivity index (χ1v) is 20.0. The van der Waals surface area contributed by atoms with Crippen LogP contribution in [-0.2, 0) is 10.8 Å². The van der Waals surface area contributed by atoms with Gasteiger partial charge in [-0.15, -0.1) is 0 Å². The molecule has 4 N–H and O–H groups in total. The molecule has 0 spiro atoms. The number of benzene rings is 6. The molecule has 6 heteroatoms. The third-order valence-corrected chi connectivity index (χ3v) is 10.3. The van der Waals surface area contributed by atoms with Crippen LogP contribution in [-0.4, -0.2) is 11.6 Å². The molecule has 292 valence electrons. The summed E-state index contributed by atoms with van der Waals surface area (Å²) in [6.45, 7) is 21.4. The maximum atomic E-state index is 15.3. The van der Waals surface area contributed by atoms with Gasteiger partial charge in [0, 0.05) is 22.7 Å². The van der Waals surface area contributed by atoms with Crippen LogP contribution in [0.4, 0.5) is 45.5 Å². The van der Waals surface area contributed by atoms with E-state index in [4.69, 9.17) is 0 Å². The van der Waals surface area contributed by atoms with Crippen LogP contribution >= 0.6 is 0 Å². The molecular weight excluding hydrogens is 701 g/mol. The Bertz CT molecular complexity index is 2360. The van der Waals surface area contributed by atoms with Crippen LogP contribution in [0, 0.1) is 0 Å². The molecule has 0 atom stereocenters. The van der Waals surface area contributed by atoms with Crippen molar-refractivity contribution in [2.45, 2.75) is 86.0 Å². The molecule has 7 rings (SSSR count). The second kappa shape index (κ2) is 16.5. The van der Waals surface area contributed by atoms with Crippen molar-refractivity contribution in [2.24, 2.45) is 0 Å². The van der Waals surface area contributed by atoms with E-state index >= 15 is 9.59 Å². The Morgan fingerprint density at radius 3 is 0.947 bits per heavy atom. The Morgan fingerprint density at radius 1 is 0.386 bits per heavy atom. The molecule has 6 aromatic carbocycles. The lowest BCUT2D eigenvalue weighted by molar-refractivity contribution is 0.0981. The number of hydrogen-bond donors (Lipinski definition) is 4. The van der Waals surface area contributed by atoms with Gasteiger partial charge in [0.15, 0.2) is 11.6 Å². The molecule has 0 heterocycles. The molecule has 0 bridgehead atoms. The van der Waals surface area contributed by atoms with E-state index in [1.54, 1.807) is 0 Å². The van der Waals surface area contributed by atoms with Crippen molar-refractivity contribution in [2.75, 3.05) is 21.3 Å². The standard InChI is InChI=1S/C49H50N4O2.C2H6/c1-30(2)31-14-20-35(21-15-31)51-39-27-26-38(50-34-12-10-9-11-13-34)42-43(39)47(55)45-41(53-37-24-18-33(19-25-37)49(6,7)8)29-28-40(44(45)46(42)54)52-36-22-16-32(17-23-36)48(3,4)5;1-2/h9-30,50-53H,1-8H3;1-2H3. The van der Waals surface area contributed by atoms with Crippen LogP contribution in [0.2, 0.25) is 0 Å². The number of rotatable bonds is 9. The Hall–Kier alpha value is -6.14. The van der Waals surface area contributed by atoms with Gasteiger partial charge >= 0.3 is 0 Å². The molecule has 1 aliphatic rings. The summed E-state index contributed by atoms with van der Waals surface area (Å²) in [5, 5.41) is 14.0. The summed E-state index contributed by atoms with van der Waals surface area (Å²) >= 11 is 0. The molecule has 0 amide bonds. The highest BCUT2D eigenvalue weighted by Gasteiger charge is 2.38. The lowest BCUT2D eigenvalue weighted by Crippen LogP contribution is -2.25. The molecule has 0 fully saturated rings. The molecule has 0 aliphatic heterocycles. The first kappa shape index (κ1) is 40.5. The van der Waals surface area contributed by atoms with E-state index in [1.807, 2.05) is 105 Å². The first-order chi connectivity index (χ1) is 27.2. The third kappa shape index (κ3) is 8.81. The Morgan fingerprint density at radius 2 is 0.667 bits per heavy atom. The number of para-hydroxylation sites is 1. The molecule has 0 aromatic heterocycles. The summed E-state index contributed by atoms with van der Waals surface area (Å²) in [5.74, 6) is -0.110. The minimum Gasteiger partial charge on any atom is -0.355 e. The summed E-state index contributed by atoms with van der Waals surface area (Å²) in [7, 11) is 0. The number of anilines is 8. The van der Waals surface area contributed by atoms with Gasteiger partial charge in [0.1, 0.15) is 0 Å². The maximum Gasteiger partial charge on any atom is 0.198 e. The van der Waals surface area contributed by atoms with E-state index in [0.717, 1.165) is 22.7 Å². The summed E-state index contributed by atoms with van der Waals surface area (Å²) in [6, 6.07) is 41.9. The number of nitrogens with one attached hydrogen (secondary N) is 4. The molecule has 57 heavy (non-hydrogen) atoms. The highest BCUT2D eigenvalue weighted by Crippen LogP contribution is 2.44. The number of carbonyl (C=O) groups excluding carboxylic acids is 2. The van der Waals surface area contributed by atoms with Gasteiger partial charge in [0.25, 0.3) is 0 Å². The van der Waals surface area contributed by atoms with Crippen molar-refractivity contribution < 1.29 is 9.59 Å². The van der Waals surface area contributed by atoms with E-state index in [2.05, 4.69) is 113 Å². The van der Waals surface area contributed by atoms with E-state index in [9.17, 15) is 0 Å². The Kier molecular flexibility index (Phi) is 11.8. The summed E-state index contributed by atoms with van der Waals surface area (Å²) in [5.41, 5.74) is 10.4. The summed E-state index contributed by atoms with van der Waals surface area (Å²) < 4.78 is 0. The minimum atomic E-state index is -0.248. The fraction of sp³-hybridized carbons (Fsp3) is 0.255. The van der Waals surface area contributed by atoms with Crippen LogP contribution < -0.4 is 21.3 Å². The van der Waals surface area contributed by atoms with E-state index in [0.29, 0.717) is 50.9 Å². The van der Waals surface area contributed by atoms with Gasteiger partial charge in [-0.1, -0.05) is 124 Å². The highest BCUT2D eigenvalue weighted by molar-refractivity contribution is 6.35. The molecule has 1 aliphatic carbocycles. The smallest absolute Gasteiger partial charge is 0.198 e. The number of ketones is 2. The quantitative estimate of drug-likeness (QED) is 0.117. The van der Waals surface area contributed by atoms with Gasteiger partial charge in [0.05, 0.1) is 45.0 Å². The van der Waals surface area contributed by atoms with E-state index in [-0.39, 0.29) is 22.4 Å². The van der Waals surface area contributed by atoms with Crippen LogP contribution in [0.15, 0.2) is 127 Å². The summed E-state index contributed by atoms with van der Waals surface area (Å²) in [6.07, 6.45) is 0. The Balaban J connectivity index is 0.00000270. The fourth-order valence-electron chi connectivity index (χ4n) is 7.02. The normalized spacial score (nSPS) is 12.3. The fourth-order valence-corrected chi connectivity index (χ4v) is 7.02. The van der Waals surface area contributed by atoms with E-state index < -0.39 is 0 Å². The number of carbonyl (C=O) groups is 2. The largest absolute Gasteiger partial charge is 0.355 e. The maximum absolute atomic E-state index is 15.3. The highest BCUT2D eigenvalue weighted by atomic mass is 16.1. The van der Waals surface area contributed by atoms with Gasteiger partial charge in [0.2, 0.25) is 0 Å². The zero-order valence-corrected chi connectivity index (χ0v) is 35.0. The van der Waals surface area contributed by atoms with Crippen LogP contribution in [0.5, 0.6) is 0 Å². The summed E-state index contributed by atoms with van der Waals surface area (Å²) in [4.78, 5) is 30.5. The molecule has 0 radical (unpaired) electrons. The molecule has 0 unspecified atom stereocenters. The van der Waals surface area contributed by atoms with Crippen molar-refractivity contribution in [1.82, 2.24) is 0 Å². The van der Waals surface area contributed by atoms with Crippen molar-refractivity contribution in [3.05, 3.63) is 166 Å². The minimum absolute atomic E-state index is 0.00739. The van der Waals surface area contributed by atoms with Gasteiger partial charge in [-0.25, -0.2) is 0 Å². The predicted molar refractivity (Wildman–Crippen MR) is 241 cm³/mol. The van der Waals surface area contributed by atoms with Crippen LogP contribution in [0.1, 0.15) is 124 Å². The first-order valence-electron chi connectivity index (χ1n) is 20.0. The van der Waals surface area contributed by atoms with Crippen LogP contribution in [0.25, 0.3) is 0 Å². The number of fused-ring (bicyclic) bond motifs is 2. The van der Waals surface area contributed by atoms with Crippen molar-refractivity contribution >= 4 is 57.1 Å². The average molecular weight is 757 g/mol. The molecular formula is C51H56N4O2.